The van der Waals surface area contributed by atoms with Crippen molar-refractivity contribution in [1.82, 2.24) is 15.1 Å². The summed E-state index contributed by atoms with van der Waals surface area (Å²) >= 11 is 6.35. The van der Waals surface area contributed by atoms with Crippen molar-refractivity contribution in [3.05, 3.63) is 50.8 Å². The number of halogens is 1. The van der Waals surface area contributed by atoms with Crippen LogP contribution < -0.4 is 10.6 Å². The molecular weight excluding hydrogens is 458 g/mol. The Labute approximate surface area is 191 Å². The highest BCUT2D eigenvalue weighted by Gasteiger charge is 2.18. The van der Waals surface area contributed by atoms with Crippen molar-refractivity contribution in [3.63, 3.8) is 0 Å². The van der Waals surface area contributed by atoms with Gasteiger partial charge in [0.05, 0.1) is 15.5 Å². The molecule has 174 valence electrons. The maximum atomic E-state index is 12.1. The van der Waals surface area contributed by atoms with Crippen molar-refractivity contribution in [1.29, 1.82) is 0 Å². The van der Waals surface area contributed by atoms with Gasteiger partial charge in [-0.2, -0.15) is 5.10 Å². The summed E-state index contributed by atoms with van der Waals surface area (Å²) in [4.78, 5) is 22.5. The fourth-order valence-corrected chi connectivity index (χ4v) is 3.81. The van der Waals surface area contributed by atoms with Gasteiger partial charge in [0.25, 0.3) is 5.69 Å². The number of aryl methyl sites for hydroxylation is 1. The molecule has 0 radical (unpaired) electrons. The highest BCUT2D eigenvalue weighted by Crippen LogP contribution is 2.27. The Hall–Kier alpha value is -2.92. The first-order valence-electron chi connectivity index (χ1n) is 9.81. The zero-order valence-electron chi connectivity index (χ0n) is 18.3. The lowest BCUT2D eigenvalue weighted by Gasteiger charge is -2.08. The predicted octanol–water partition coefficient (Wildman–Crippen LogP) is 3.05. The van der Waals surface area contributed by atoms with Crippen molar-refractivity contribution >= 4 is 44.8 Å². The molecule has 0 bridgehead atoms. The van der Waals surface area contributed by atoms with Gasteiger partial charge >= 0.3 is 0 Å². The predicted molar refractivity (Wildman–Crippen MR) is 124 cm³/mol. The number of carbonyl (C=O) groups is 1. The summed E-state index contributed by atoms with van der Waals surface area (Å²) in [6.45, 7) is 6.98. The van der Waals surface area contributed by atoms with Crippen LogP contribution in [0, 0.1) is 23.0 Å². The molecule has 0 aliphatic rings. The number of nitro benzene ring substituents is 1. The van der Waals surface area contributed by atoms with Crippen molar-refractivity contribution in [2.24, 2.45) is 5.92 Å². The minimum atomic E-state index is -3.56. The van der Waals surface area contributed by atoms with Gasteiger partial charge in [0.15, 0.2) is 9.84 Å². The molecule has 0 unspecified atom stereocenters. The summed E-state index contributed by atoms with van der Waals surface area (Å²) in [6.07, 6.45) is 3.92. The van der Waals surface area contributed by atoms with E-state index in [0.717, 1.165) is 12.3 Å². The first kappa shape index (κ1) is 25.3. The van der Waals surface area contributed by atoms with E-state index in [2.05, 4.69) is 29.6 Å². The first-order chi connectivity index (χ1) is 14.9. The van der Waals surface area contributed by atoms with E-state index in [1.54, 1.807) is 10.8 Å². The summed E-state index contributed by atoms with van der Waals surface area (Å²) in [5.74, 6) is 0.0126. The van der Waals surface area contributed by atoms with E-state index in [1.165, 1.54) is 18.2 Å². The topological polar surface area (TPSA) is 136 Å². The number of anilines is 1. The molecule has 32 heavy (non-hydrogen) atoms. The van der Waals surface area contributed by atoms with Gasteiger partial charge in [-0.05, 0) is 31.1 Å². The molecule has 2 N–H and O–H groups in total. The maximum absolute atomic E-state index is 12.1. The van der Waals surface area contributed by atoms with Crippen LogP contribution >= 0.6 is 11.6 Å². The third kappa shape index (κ3) is 6.79. The van der Waals surface area contributed by atoms with Crippen LogP contribution in [0.5, 0.6) is 0 Å². The Kier molecular flexibility index (Phi) is 8.39. The van der Waals surface area contributed by atoms with Crippen LogP contribution in [0.4, 0.5) is 11.4 Å². The van der Waals surface area contributed by atoms with E-state index in [1.807, 2.05) is 6.92 Å². The van der Waals surface area contributed by atoms with Crippen LogP contribution in [0.3, 0.4) is 0 Å². The van der Waals surface area contributed by atoms with Crippen molar-refractivity contribution in [2.75, 3.05) is 24.7 Å². The molecule has 0 aliphatic carbocycles. The van der Waals surface area contributed by atoms with Gasteiger partial charge in [-0.25, -0.2) is 8.42 Å². The Morgan fingerprint density at radius 1 is 1.34 bits per heavy atom. The summed E-state index contributed by atoms with van der Waals surface area (Å²) in [6, 6.07) is 3.62. The van der Waals surface area contributed by atoms with Crippen LogP contribution in [-0.2, 0) is 21.2 Å². The number of aromatic nitrogens is 2. The minimum absolute atomic E-state index is 0.140. The van der Waals surface area contributed by atoms with Gasteiger partial charge in [-0.15, -0.1) is 0 Å². The first-order valence-corrected chi connectivity index (χ1v) is 12.1. The monoisotopic (exact) mass is 483 g/mol. The molecule has 0 spiro atoms. The molecule has 1 heterocycles. The zero-order valence-corrected chi connectivity index (χ0v) is 19.8. The third-order valence-corrected chi connectivity index (χ3v) is 5.89. The van der Waals surface area contributed by atoms with Gasteiger partial charge < -0.3 is 10.6 Å². The van der Waals surface area contributed by atoms with Crippen molar-refractivity contribution in [2.45, 2.75) is 32.2 Å². The third-order valence-electron chi connectivity index (χ3n) is 4.38. The molecule has 0 fully saturated rings. The molecule has 1 amide bonds. The summed E-state index contributed by atoms with van der Waals surface area (Å²) in [5.41, 5.74) is 1.18. The number of nitrogens with zero attached hydrogens (tertiary/aromatic N) is 3. The van der Waals surface area contributed by atoms with Crippen LogP contribution in [0.2, 0.25) is 5.15 Å². The van der Waals surface area contributed by atoms with Gasteiger partial charge in [-0.1, -0.05) is 25.4 Å². The Morgan fingerprint density at radius 2 is 2.03 bits per heavy atom. The van der Waals surface area contributed by atoms with Gasteiger partial charge in [-0.3, -0.25) is 19.6 Å². The highest BCUT2D eigenvalue weighted by atomic mass is 35.5. The van der Waals surface area contributed by atoms with E-state index in [9.17, 15) is 23.3 Å². The van der Waals surface area contributed by atoms with E-state index in [-0.39, 0.29) is 35.3 Å². The van der Waals surface area contributed by atoms with E-state index >= 15 is 0 Å². The number of sulfone groups is 1. The largest absolute Gasteiger partial charge is 0.378 e. The number of hydrogen-bond acceptors (Lipinski definition) is 7. The number of amides is 1. The molecular formula is C20H26ClN5O5S. The van der Waals surface area contributed by atoms with Gasteiger partial charge in [0.2, 0.25) is 5.91 Å². The second-order valence-electron chi connectivity index (χ2n) is 7.63. The number of hydrogen-bond donors (Lipinski definition) is 2. The lowest BCUT2D eigenvalue weighted by atomic mass is 10.2. The Bertz CT molecular complexity index is 1140. The van der Waals surface area contributed by atoms with Crippen LogP contribution in [0.25, 0.3) is 6.08 Å². The number of nitrogens with one attached hydrogen (secondary N) is 2. The second kappa shape index (κ2) is 10.6. The van der Waals surface area contributed by atoms with Gasteiger partial charge in [0.1, 0.15) is 10.8 Å². The van der Waals surface area contributed by atoms with E-state index < -0.39 is 14.8 Å². The molecule has 1 aromatic heterocycles. The minimum Gasteiger partial charge on any atom is -0.378 e. The molecule has 0 saturated carbocycles. The zero-order chi connectivity index (χ0) is 24.1. The molecule has 0 aliphatic heterocycles. The normalized spacial score (nSPS) is 11.8. The molecule has 2 aromatic rings. The smallest absolute Gasteiger partial charge is 0.293 e. The molecule has 1 aromatic carbocycles. The van der Waals surface area contributed by atoms with Crippen LogP contribution in [0.15, 0.2) is 29.2 Å². The quantitative estimate of drug-likeness (QED) is 0.229. The number of benzene rings is 1. The molecule has 10 nitrogen and oxygen atoms in total. The van der Waals surface area contributed by atoms with E-state index in [4.69, 9.17) is 11.6 Å². The van der Waals surface area contributed by atoms with Crippen molar-refractivity contribution < 1.29 is 18.1 Å². The van der Waals surface area contributed by atoms with Crippen LogP contribution in [-0.4, -0.2) is 48.4 Å². The average molecular weight is 484 g/mol. The fraction of sp³-hybridized carbons (Fsp3) is 0.400. The Balaban J connectivity index is 1.94. The Morgan fingerprint density at radius 3 is 2.62 bits per heavy atom. The fourth-order valence-electron chi connectivity index (χ4n) is 2.87. The summed E-state index contributed by atoms with van der Waals surface area (Å²) < 4.78 is 24.9. The SMILES string of the molecule is Cc1nn(CC(C)C)c(Cl)c1/C=C/C(=O)NCCNc1ccc(S(C)(=O)=O)cc1[N+](=O)[O-]. The van der Waals surface area contributed by atoms with Gasteiger partial charge in [0, 0.05) is 43.6 Å². The van der Waals surface area contributed by atoms with Crippen molar-refractivity contribution in [3.8, 4) is 0 Å². The number of carbonyl (C=O) groups excluding carboxylic acids is 1. The maximum Gasteiger partial charge on any atom is 0.293 e. The lowest BCUT2D eigenvalue weighted by Crippen LogP contribution is -2.27. The second-order valence-corrected chi connectivity index (χ2v) is 10.00. The lowest BCUT2D eigenvalue weighted by molar-refractivity contribution is -0.384. The number of rotatable bonds is 10. The molecule has 2 rings (SSSR count). The standard InChI is InChI=1S/C20H26ClN5O5S/c1-13(2)12-25-20(21)16(14(3)24-25)6-8-19(27)23-10-9-22-17-7-5-15(32(4,30)31)11-18(17)26(28)29/h5-8,11,13,22H,9-10,12H2,1-4H3,(H,23,27)/b8-6+. The van der Waals surface area contributed by atoms with E-state index in [0.29, 0.717) is 28.9 Å². The number of nitro groups is 1. The summed E-state index contributed by atoms with van der Waals surface area (Å²) in [5, 5.41) is 21.6. The highest BCUT2D eigenvalue weighted by molar-refractivity contribution is 7.90. The molecule has 0 saturated heterocycles. The van der Waals surface area contributed by atoms with Crippen LogP contribution in [0.1, 0.15) is 25.1 Å². The molecule has 0 atom stereocenters. The molecule has 12 heteroatoms. The summed E-state index contributed by atoms with van der Waals surface area (Å²) in [7, 11) is -3.56. The average Bonchev–Trinajstić information content (AvgIpc) is 2.94.